The van der Waals surface area contributed by atoms with Gasteiger partial charge in [0.1, 0.15) is 6.10 Å². The number of aliphatic hydroxyl groups excluding tert-OH is 2. The van der Waals surface area contributed by atoms with Crippen molar-refractivity contribution >= 4 is 34.8 Å². The van der Waals surface area contributed by atoms with Crippen LogP contribution in [0.15, 0.2) is 18.2 Å². The summed E-state index contributed by atoms with van der Waals surface area (Å²) in [6, 6.07) is 5.14. The van der Waals surface area contributed by atoms with Crippen molar-refractivity contribution in [3.8, 4) is 0 Å². The molecule has 0 bridgehead atoms. The first kappa shape index (κ1) is 22.0. The first-order chi connectivity index (χ1) is 14.7. The van der Waals surface area contributed by atoms with E-state index in [1.54, 1.807) is 4.90 Å². The number of hydrogen-bond donors (Lipinski definition) is 4. The van der Waals surface area contributed by atoms with E-state index in [0.29, 0.717) is 31.0 Å². The summed E-state index contributed by atoms with van der Waals surface area (Å²) in [5, 5.41) is 24.8. The van der Waals surface area contributed by atoms with Crippen LogP contribution in [0.5, 0.6) is 0 Å². The van der Waals surface area contributed by atoms with E-state index < -0.39 is 30.2 Å². The van der Waals surface area contributed by atoms with Crippen LogP contribution in [-0.4, -0.2) is 69.4 Å². The molecule has 31 heavy (non-hydrogen) atoms. The highest BCUT2D eigenvalue weighted by Gasteiger charge is 2.54. The molecular weight excluding hydrogens is 416 g/mol. The topological polar surface area (TPSA) is 119 Å². The van der Waals surface area contributed by atoms with E-state index in [0.717, 1.165) is 16.8 Å². The number of piperidine rings is 1. The molecule has 3 fully saturated rings. The van der Waals surface area contributed by atoms with Crippen LogP contribution in [0, 0.1) is 25.7 Å². The third kappa shape index (κ3) is 4.02. The maximum atomic E-state index is 13.6. The number of likely N-dealkylation sites (tertiary alicyclic amines) is 1. The molecule has 0 unspecified atom stereocenters. The Labute approximate surface area is 187 Å². The van der Waals surface area contributed by atoms with Gasteiger partial charge in [-0.3, -0.25) is 9.59 Å². The summed E-state index contributed by atoms with van der Waals surface area (Å²) in [5.41, 5.74) is 8.45. The number of amides is 2. The molecule has 8 nitrogen and oxygen atoms in total. The number of nitrogens with two attached hydrogens (primary N) is 1. The first-order valence-electron chi connectivity index (χ1n) is 10.8. The Morgan fingerprint density at radius 3 is 2.32 bits per heavy atom. The van der Waals surface area contributed by atoms with Crippen molar-refractivity contribution in [1.29, 1.82) is 0 Å². The average Bonchev–Trinajstić information content (AvgIpc) is 3.06. The number of fused-ring (bicyclic) bond motifs is 1. The number of aliphatic hydroxyl groups is 2. The molecule has 168 valence electrons. The summed E-state index contributed by atoms with van der Waals surface area (Å²) in [7, 11) is 0. The van der Waals surface area contributed by atoms with E-state index in [1.165, 1.54) is 0 Å². The predicted molar refractivity (Wildman–Crippen MR) is 120 cm³/mol. The molecule has 4 rings (SSSR count). The zero-order valence-corrected chi connectivity index (χ0v) is 18.6. The van der Waals surface area contributed by atoms with Crippen molar-refractivity contribution in [2.75, 3.05) is 18.0 Å². The molecule has 2 saturated heterocycles. The van der Waals surface area contributed by atoms with Gasteiger partial charge in [0.05, 0.1) is 24.1 Å². The minimum atomic E-state index is -1.02. The Morgan fingerprint density at radius 2 is 1.74 bits per heavy atom. The largest absolute Gasteiger partial charge is 0.390 e. The van der Waals surface area contributed by atoms with Crippen LogP contribution in [0.3, 0.4) is 0 Å². The van der Waals surface area contributed by atoms with Crippen molar-refractivity contribution in [3.05, 3.63) is 29.3 Å². The Balaban J connectivity index is 1.64. The van der Waals surface area contributed by atoms with Crippen molar-refractivity contribution in [2.45, 2.75) is 57.4 Å². The fraction of sp³-hybridized carbons (Fsp3) is 0.591. The van der Waals surface area contributed by atoms with Crippen LogP contribution in [0.4, 0.5) is 5.69 Å². The molecule has 1 aromatic carbocycles. The molecule has 2 aliphatic heterocycles. The molecule has 1 saturated carbocycles. The van der Waals surface area contributed by atoms with Gasteiger partial charge in [-0.05, 0) is 68.6 Å². The molecular formula is C22H30N4O4S. The van der Waals surface area contributed by atoms with E-state index >= 15 is 0 Å². The van der Waals surface area contributed by atoms with E-state index in [4.69, 9.17) is 18.0 Å². The molecule has 0 aromatic heterocycles. The number of nitrogens with zero attached hydrogens (tertiary/aromatic N) is 2. The molecule has 1 aromatic rings. The second-order valence-corrected chi connectivity index (χ2v) is 9.47. The lowest BCUT2D eigenvalue weighted by Gasteiger charge is -2.44. The molecule has 2 heterocycles. The van der Waals surface area contributed by atoms with Gasteiger partial charge in [0.15, 0.2) is 5.11 Å². The number of carbonyl (C=O) groups excluding carboxylic acids is 2. The Kier molecular flexibility index (Phi) is 5.93. The molecule has 9 heteroatoms. The van der Waals surface area contributed by atoms with Gasteiger partial charge in [0, 0.05) is 24.7 Å². The van der Waals surface area contributed by atoms with Gasteiger partial charge in [0.2, 0.25) is 11.8 Å². The van der Waals surface area contributed by atoms with Crippen molar-refractivity contribution in [3.63, 3.8) is 0 Å². The molecule has 0 radical (unpaired) electrons. The number of carbonyl (C=O) groups is 2. The number of rotatable bonds is 3. The third-order valence-electron chi connectivity index (χ3n) is 6.86. The van der Waals surface area contributed by atoms with Crippen LogP contribution in [0.1, 0.15) is 30.4 Å². The van der Waals surface area contributed by atoms with Gasteiger partial charge in [0.25, 0.3) is 0 Å². The Hall–Kier alpha value is -2.23. The van der Waals surface area contributed by atoms with Gasteiger partial charge in [-0.25, -0.2) is 0 Å². The zero-order valence-electron chi connectivity index (χ0n) is 17.8. The lowest BCUT2D eigenvalue weighted by atomic mass is 9.76. The monoisotopic (exact) mass is 446 g/mol. The number of hydrogen-bond acceptors (Lipinski definition) is 5. The summed E-state index contributed by atoms with van der Waals surface area (Å²) in [6.45, 7) is 4.93. The van der Waals surface area contributed by atoms with Crippen LogP contribution < -0.4 is 16.0 Å². The van der Waals surface area contributed by atoms with Crippen molar-refractivity contribution in [1.82, 2.24) is 10.2 Å². The van der Waals surface area contributed by atoms with E-state index in [-0.39, 0.29) is 24.2 Å². The summed E-state index contributed by atoms with van der Waals surface area (Å²) in [6.07, 6.45) is -0.797. The normalized spacial score (nSPS) is 31.4. The predicted octanol–water partition coefficient (Wildman–Crippen LogP) is 0.201. The van der Waals surface area contributed by atoms with Gasteiger partial charge >= 0.3 is 0 Å². The highest BCUT2D eigenvalue weighted by Crippen LogP contribution is 2.38. The second-order valence-electron chi connectivity index (χ2n) is 9.08. The second kappa shape index (κ2) is 8.37. The Morgan fingerprint density at radius 1 is 1.13 bits per heavy atom. The maximum absolute atomic E-state index is 13.6. The molecule has 1 aliphatic carbocycles. The van der Waals surface area contributed by atoms with Gasteiger partial charge in [-0.15, -0.1) is 0 Å². The fourth-order valence-corrected chi connectivity index (χ4v) is 5.70. The number of primary amides is 1. The Bertz CT molecular complexity index is 881. The maximum Gasteiger partial charge on any atom is 0.227 e. The van der Waals surface area contributed by atoms with E-state index in [1.807, 2.05) is 30.9 Å². The van der Waals surface area contributed by atoms with E-state index in [2.05, 4.69) is 11.4 Å². The van der Waals surface area contributed by atoms with Crippen molar-refractivity contribution in [2.24, 2.45) is 17.6 Å². The van der Waals surface area contributed by atoms with Crippen LogP contribution in [-0.2, 0) is 9.59 Å². The van der Waals surface area contributed by atoms with Gasteiger partial charge in [-0.2, -0.15) is 0 Å². The smallest absolute Gasteiger partial charge is 0.227 e. The lowest BCUT2D eigenvalue weighted by Crippen LogP contribution is -2.61. The standard InChI is InChI=1S/C22H30N4O4S/c1-11-7-12(2)9-14(8-11)26-18-15(10-16(27)19(28)17(18)24-22(26)31)21(30)25-5-3-13(4-6-25)20(23)29/h7-9,13,15-19,27-28H,3-6,10H2,1-2H3,(H2,23,29)(H,24,31)/t15-,16-,17-,18-,19+/m1/s1. The highest BCUT2D eigenvalue weighted by atomic mass is 32.1. The molecule has 0 spiro atoms. The highest BCUT2D eigenvalue weighted by molar-refractivity contribution is 7.80. The minimum absolute atomic E-state index is 0.0789. The number of nitrogens with one attached hydrogen (secondary N) is 1. The SMILES string of the molecule is Cc1cc(C)cc(N2C(=S)N[C@H]3[C@@H](O)[C@H](O)C[C@@H](C(=O)N4CCC(C(N)=O)CC4)[C@H]32)c1. The molecule has 5 atom stereocenters. The summed E-state index contributed by atoms with van der Waals surface area (Å²) in [5.74, 6) is -1.15. The molecule has 5 N–H and O–H groups in total. The van der Waals surface area contributed by atoms with Crippen LogP contribution >= 0.6 is 12.2 Å². The zero-order chi connectivity index (χ0) is 22.4. The average molecular weight is 447 g/mol. The van der Waals surface area contributed by atoms with Gasteiger partial charge in [-0.1, -0.05) is 6.07 Å². The number of anilines is 1. The molecule has 2 amide bonds. The third-order valence-corrected chi connectivity index (χ3v) is 7.17. The minimum Gasteiger partial charge on any atom is -0.390 e. The number of benzene rings is 1. The van der Waals surface area contributed by atoms with Crippen molar-refractivity contribution < 1.29 is 19.8 Å². The first-order valence-corrected chi connectivity index (χ1v) is 11.2. The summed E-state index contributed by atoms with van der Waals surface area (Å²) < 4.78 is 0. The molecule has 3 aliphatic rings. The number of thiocarbonyl (C=S) groups is 1. The van der Waals surface area contributed by atoms with Crippen LogP contribution in [0.25, 0.3) is 0 Å². The van der Waals surface area contributed by atoms with Crippen LogP contribution in [0.2, 0.25) is 0 Å². The lowest BCUT2D eigenvalue weighted by molar-refractivity contribution is -0.144. The number of aryl methyl sites for hydroxylation is 2. The fourth-order valence-electron chi connectivity index (χ4n) is 5.33. The quantitative estimate of drug-likeness (QED) is 0.490. The van der Waals surface area contributed by atoms with Gasteiger partial charge < -0.3 is 31.1 Å². The summed E-state index contributed by atoms with van der Waals surface area (Å²) in [4.78, 5) is 28.7. The summed E-state index contributed by atoms with van der Waals surface area (Å²) >= 11 is 5.60. The van der Waals surface area contributed by atoms with E-state index in [9.17, 15) is 19.8 Å².